The summed E-state index contributed by atoms with van der Waals surface area (Å²) >= 11 is 0. The van der Waals surface area contributed by atoms with Crippen LogP contribution in [0.1, 0.15) is 47.0 Å². The van der Waals surface area contributed by atoms with Gasteiger partial charge in [-0.2, -0.15) is 0 Å². The third-order valence-electron chi connectivity index (χ3n) is 3.57. The lowest BCUT2D eigenvalue weighted by Gasteiger charge is -2.35. The zero-order valence-electron chi connectivity index (χ0n) is 12.6. The highest BCUT2D eigenvalue weighted by atomic mass is 16.5. The van der Waals surface area contributed by atoms with Gasteiger partial charge in [-0.05, 0) is 46.6 Å². The molecule has 0 aliphatic carbocycles. The van der Waals surface area contributed by atoms with Crippen molar-refractivity contribution < 1.29 is 14.3 Å². The minimum atomic E-state index is -0.791. The van der Waals surface area contributed by atoms with Crippen LogP contribution in [0.15, 0.2) is 0 Å². The number of nitrogens with two attached hydrogens (primary N) is 1. The lowest BCUT2D eigenvalue weighted by molar-refractivity contribution is -0.133. The molecular weight excluding hydrogens is 244 g/mol. The Morgan fingerprint density at radius 2 is 2.00 bits per heavy atom. The Hall–Kier alpha value is -0.650. The van der Waals surface area contributed by atoms with Crippen LogP contribution in [0.5, 0.6) is 0 Å². The Morgan fingerprint density at radius 1 is 1.42 bits per heavy atom. The molecule has 1 rings (SSSR count). The molecule has 19 heavy (non-hydrogen) atoms. The fourth-order valence-corrected chi connectivity index (χ4v) is 2.38. The van der Waals surface area contributed by atoms with Crippen LogP contribution in [0.2, 0.25) is 0 Å². The molecule has 0 saturated carbocycles. The van der Waals surface area contributed by atoms with E-state index in [-0.39, 0.29) is 24.2 Å². The van der Waals surface area contributed by atoms with Crippen molar-refractivity contribution in [2.24, 2.45) is 5.73 Å². The smallest absolute Gasteiger partial charge is 0.239 e. The topological polar surface area (TPSA) is 73.6 Å². The first-order valence-electron chi connectivity index (χ1n) is 7.19. The molecule has 3 N–H and O–H groups in total. The van der Waals surface area contributed by atoms with E-state index in [2.05, 4.69) is 26.1 Å². The second-order valence-electron chi connectivity index (χ2n) is 5.78. The first kappa shape index (κ1) is 16.4. The molecule has 1 fully saturated rings. The van der Waals surface area contributed by atoms with E-state index in [0.717, 1.165) is 25.8 Å². The Bertz CT molecular complexity index is 288. The molecule has 1 aliphatic rings. The van der Waals surface area contributed by atoms with E-state index in [9.17, 15) is 4.79 Å². The van der Waals surface area contributed by atoms with Crippen molar-refractivity contribution in [3.8, 4) is 0 Å². The van der Waals surface area contributed by atoms with Gasteiger partial charge in [0.25, 0.3) is 0 Å². The molecule has 1 heterocycles. The van der Waals surface area contributed by atoms with Gasteiger partial charge in [0.2, 0.25) is 5.91 Å². The van der Waals surface area contributed by atoms with E-state index in [1.165, 1.54) is 0 Å². The molecule has 3 unspecified atom stereocenters. The molecule has 0 bridgehead atoms. The summed E-state index contributed by atoms with van der Waals surface area (Å²) in [5.74, 6) is -0.367. The summed E-state index contributed by atoms with van der Waals surface area (Å²) in [5.41, 5.74) is 4.68. The first-order valence-corrected chi connectivity index (χ1v) is 7.19. The molecule has 3 atom stereocenters. The molecule has 1 aliphatic heterocycles. The summed E-state index contributed by atoms with van der Waals surface area (Å²) in [5, 5.41) is 3.18. The van der Waals surface area contributed by atoms with Gasteiger partial charge in [-0.3, -0.25) is 4.79 Å². The number of ether oxygens (including phenoxy) is 2. The number of carbonyl (C=O) groups is 1. The fourth-order valence-electron chi connectivity index (χ4n) is 2.38. The molecule has 112 valence electrons. The zero-order valence-corrected chi connectivity index (χ0v) is 12.6. The third kappa shape index (κ3) is 5.09. The molecule has 1 amide bonds. The fraction of sp³-hybridized carbons (Fsp3) is 0.929. The SMILES string of the molecule is CCCNC(C)(COC1CC(C)OC(C)C1)C(N)=O. The maximum absolute atomic E-state index is 11.6. The summed E-state index contributed by atoms with van der Waals surface area (Å²) in [7, 11) is 0. The number of amides is 1. The van der Waals surface area contributed by atoms with Crippen LogP contribution in [-0.2, 0) is 14.3 Å². The maximum Gasteiger partial charge on any atom is 0.239 e. The summed E-state index contributed by atoms with van der Waals surface area (Å²) in [6.07, 6.45) is 3.24. The molecule has 5 nitrogen and oxygen atoms in total. The predicted molar refractivity (Wildman–Crippen MR) is 74.9 cm³/mol. The average molecular weight is 272 g/mol. The van der Waals surface area contributed by atoms with Gasteiger partial charge in [-0.1, -0.05) is 6.92 Å². The lowest BCUT2D eigenvalue weighted by atomic mass is 10.0. The highest BCUT2D eigenvalue weighted by molar-refractivity contribution is 5.84. The van der Waals surface area contributed by atoms with Gasteiger partial charge in [0.05, 0.1) is 24.9 Å². The van der Waals surface area contributed by atoms with Gasteiger partial charge in [-0.25, -0.2) is 0 Å². The van der Waals surface area contributed by atoms with Gasteiger partial charge >= 0.3 is 0 Å². The van der Waals surface area contributed by atoms with Crippen LogP contribution in [0.4, 0.5) is 0 Å². The Morgan fingerprint density at radius 3 is 2.47 bits per heavy atom. The lowest BCUT2D eigenvalue weighted by Crippen LogP contribution is -2.57. The number of rotatable bonds is 7. The van der Waals surface area contributed by atoms with E-state index in [1.807, 2.05) is 0 Å². The zero-order chi connectivity index (χ0) is 14.5. The largest absolute Gasteiger partial charge is 0.376 e. The number of nitrogens with one attached hydrogen (secondary N) is 1. The molecule has 0 aromatic heterocycles. The molecule has 0 aromatic rings. The number of primary amides is 1. The van der Waals surface area contributed by atoms with Crippen LogP contribution in [-0.4, -0.2) is 42.9 Å². The highest BCUT2D eigenvalue weighted by Gasteiger charge is 2.33. The minimum Gasteiger partial charge on any atom is -0.376 e. The van der Waals surface area contributed by atoms with Crippen molar-refractivity contribution in [1.29, 1.82) is 0 Å². The summed E-state index contributed by atoms with van der Waals surface area (Å²) in [6, 6.07) is 0. The number of carbonyl (C=O) groups excluding carboxylic acids is 1. The van der Waals surface area contributed by atoms with Gasteiger partial charge in [-0.15, -0.1) is 0 Å². The van der Waals surface area contributed by atoms with Crippen molar-refractivity contribution in [1.82, 2.24) is 5.32 Å². The first-order chi connectivity index (χ1) is 8.87. The number of hydrogen-bond acceptors (Lipinski definition) is 4. The van der Waals surface area contributed by atoms with Crippen LogP contribution >= 0.6 is 0 Å². The van der Waals surface area contributed by atoms with E-state index < -0.39 is 5.54 Å². The van der Waals surface area contributed by atoms with E-state index >= 15 is 0 Å². The van der Waals surface area contributed by atoms with Crippen molar-refractivity contribution in [2.45, 2.75) is 70.8 Å². The van der Waals surface area contributed by atoms with Gasteiger partial charge in [0, 0.05) is 0 Å². The second-order valence-corrected chi connectivity index (χ2v) is 5.78. The molecule has 1 saturated heterocycles. The molecule has 0 radical (unpaired) electrons. The van der Waals surface area contributed by atoms with Crippen molar-refractivity contribution in [3.05, 3.63) is 0 Å². The highest BCUT2D eigenvalue weighted by Crippen LogP contribution is 2.22. The Labute approximate surface area is 116 Å². The third-order valence-corrected chi connectivity index (χ3v) is 3.57. The summed E-state index contributed by atoms with van der Waals surface area (Å²) < 4.78 is 11.6. The monoisotopic (exact) mass is 272 g/mol. The predicted octanol–water partition coefficient (Wildman–Crippen LogP) is 1.20. The van der Waals surface area contributed by atoms with Gasteiger partial charge in [0.15, 0.2) is 0 Å². The summed E-state index contributed by atoms with van der Waals surface area (Å²) in [6.45, 7) is 9.02. The van der Waals surface area contributed by atoms with Gasteiger partial charge in [0.1, 0.15) is 5.54 Å². The minimum absolute atomic E-state index is 0.140. The molecule has 0 aromatic carbocycles. The second kappa shape index (κ2) is 7.22. The molecule has 5 heteroatoms. The van der Waals surface area contributed by atoms with Crippen LogP contribution in [0.3, 0.4) is 0 Å². The standard InChI is InChI=1S/C14H28N2O3/c1-5-6-16-14(4,13(15)17)9-18-12-7-10(2)19-11(3)8-12/h10-12,16H,5-9H2,1-4H3,(H2,15,17). The molecular formula is C14H28N2O3. The van der Waals surface area contributed by atoms with Crippen LogP contribution in [0, 0.1) is 0 Å². The average Bonchev–Trinajstić information content (AvgIpc) is 2.32. The molecule has 0 spiro atoms. The van der Waals surface area contributed by atoms with Crippen molar-refractivity contribution in [3.63, 3.8) is 0 Å². The Balaban J connectivity index is 2.49. The van der Waals surface area contributed by atoms with Crippen molar-refractivity contribution >= 4 is 5.91 Å². The number of hydrogen-bond donors (Lipinski definition) is 2. The van der Waals surface area contributed by atoms with E-state index in [1.54, 1.807) is 6.92 Å². The van der Waals surface area contributed by atoms with Gasteiger partial charge < -0.3 is 20.5 Å². The normalized spacial score (nSPS) is 30.8. The summed E-state index contributed by atoms with van der Waals surface area (Å²) in [4.78, 5) is 11.6. The van der Waals surface area contributed by atoms with E-state index in [0.29, 0.717) is 6.61 Å². The Kier molecular flexibility index (Phi) is 6.23. The van der Waals surface area contributed by atoms with Crippen LogP contribution in [0.25, 0.3) is 0 Å². The van der Waals surface area contributed by atoms with Crippen molar-refractivity contribution in [2.75, 3.05) is 13.2 Å². The maximum atomic E-state index is 11.6. The van der Waals surface area contributed by atoms with Crippen LogP contribution < -0.4 is 11.1 Å². The quantitative estimate of drug-likeness (QED) is 0.730. The van der Waals surface area contributed by atoms with E-state index in [4.69, 9.17) is 15.2 Å².